The number of anilines is 1. The van der Waals surface area contributed by atoms with Gasteiger partial charge in [-0.1, -0.05) is 6.92 Å². The molecule has 1 N–H and O–H groups in total. The van der Waals surface area contributed by atoms with E-state index in [9.17, 15) is 4.79 Å². The quantitative estimate of drug-likeness (QED) is 0.594. The van der Waals surface area contributed by atoms with E-state index in [0.717, 1.165) is 69.9 Å². The summed E-state index contributed by atoms with van der Waals surface area (Å²) < 4.78 is 0. The van der Waals surface area contributed by atoms with Gasteiger partial charge in [-0.25, -0.2) is 9.97 Å². The van der Waals surface area contributed by atoms with Gasteiger partial charge in [-0.05, 0) is 80.2 Å². The fourth-order valence-corrected chi connectivity index (χ4v) is 7.69. The Balaban J connectivity index is 0.00000144. The van der Waals surface area contributed by atoms with Crippen LogP contribution in [0.25, 0.3) is 0 Å². The first kappa shape index (κ1) is 25.5. The second-order valence-corrected chi connectivity index (χ2v) is 11.0. The van der Waals surface area contributed by atoms with Gasteiger partial charge < -0.3 is 10.2 Å². The highest BCUT2D eigenvalue weighted by atomic mass is 35.5. The van der Waals surface area contributed by atoms with Crippen molar-refractivity contribution in [3.63, 3.8) is 0 Å². The highest BCUT2D eigenvalue weighted by Gasteiger charge is 2.56. The predicted molar refractivity (Wildman–Crippen MR) is 133 cm³/mol. The van der Waals surface area contributed by atoms with Crippen molar-refractivity contribution in [1.82, 2.24) is 20.2 Å². The van der Waals surface area contributed by atoms with Crippen LogP contribution >= 0.6 is 24.8 Å². The summed E-state index contributed by atoms with van der Waals surface area (Å²) in [6.07, 6.45) is 13.6. The number of piperazine rings is 1. The Labute approximate surface area is 205 Å². The number of rotatable bonds is 7. The van der Waals surface area contributed by atoms with Crippen molar-refractivity contribution in [1.29, 1.82) is 0 Å². The molecule has 1 amide bonds. The molecule has 0 spiro atoms. The van der Waals surface area contributed by atoms with Crippen molar-refractivity contribution in [3.05, 3.63) is 18.5 Å². The summed E-state index contributed by atoms with van der Waals surface area (Å²) in [6.45, 7) is 8.37. The number of carbonyl (C=O) groups excluding carboxylic acids is 1. The lowest BCUT2D eigenvalue weighted by Gasteiger charge is -2.61. The highest BCUT2D eigenvalue weighted by molar-refractivity contribution is 5.85. The van der Waals surface area contributed by atoms with Gasteiger partial charge >= 0.3 is 0 Å². The fraction of sp³-hybridized carbons (Fsp3) is 0.792. The van der Waals surface area contributed by atoms with Crippen molar-refractivity contribution in [2.45, 2.75) is 58.3 Å². The molecule has 4 bridgehead atoms. The third kappa shape index (κ3) is 5.68. The Morgan fingerprint density at radius 3 is 2.34 bits per heavy atom. The monoisotopic (exact) mass is 483 g/mol. The lowest BCUT2D eigenvalue weighted by atomic mass is 9.44. The molecule has 32 heavy (non-hydrogen) atoms. The lowest BCUT2D eigenvalue weighted by Crippen LogP contribution is -2.52. The lowest BCUT2D eigenvalue weighted by molar-refractivity contribution is -0.136. The molecule has 1 aromatic heterocycles. The van der Waals surface area contributed by atoms with Gasteiger partial charge in [0, 0.05) is 51.5 Å². The van der Waals surface area contributed by atoms with Crippen LogP contribution in [0, 0.1) is 22.7 Å². The van der Waals surface area contributed by atoms with E-state index in [0.29, 0.717) is 16.7 Å². The second-order valence-electron chi connectivity index (χ2n) is 11.0. The topological polar surface area (TPSA) is 61.4 Å². The molecule has 4 atom stereocenters. The molecule has 1 aliphatic heterocycles. The van der Waals surface area contributed by atoms with E-state index in [1.807, 2.05) is 6.07 Å². The van der Waals surface area contributed by atoms with E-state index < -0.39 is 0 Å². The van der Waals surface area contributed by atoms with Crippen molar-refractivity contribution < 1.29 is 4.79 Å². The molecule has 4 saturated carbocycles. The summed E-state index contributed by atoms with van der Waals surface area (Å²) in [4.78, 5) is 26.2. The fourth-order valence-electron chi connectivity index (χ4n) is 7.69. The van der Waals surface area contributed by atoms with E-state index >= 15 is 0 Å². The van der Waals surface area contributed by atoms with E-state index in [1.54, 1.807) is 12.4 Å². The molecule has 6 rings (SSSR count). The molecule has 1 saturated heterocycles. The second kappa shape index (κ2) is 10.4. The molecule has 1 aromatic rings. The molecule has 8 heteroatoms. The van der Waals surface area contributed by atoms with Gasteiger partial charge in [0.15, 0.2) is 0 Å². The Kier molecular flexibility index (Phi) is 8.32. The average Bonchev–Trinajstić information content (AvgIpc) is 2.70. The number of halogens is 2. The molecule has 4 aliphatic carbocycles. The number of carbonyl (C=O) groups is 1. The van der Waals surface area contributed by atoms with Gasteiger partial charge in [0.2, 0.25) is 11.9 Å². The maximum Gasteiger partial charge on any atom is 0.225 e. The van der Waals surface area contributed by atoms with Gasteiger partial charge in [0.25, 0.3) is 0 Å². The number of nitrogens with zero attached hydrogens (tertiary/aromatic N) is 4. The first-order valence-electron chi connectivity index (χ1n) is 12.0. The van der Waals surface area contributed by atoms with E-state index in [-0.39, 0.29) is 24.8 Å². The molecule has 180 valence electrons. The van der Waals surface area contributed by atoms with Crippen molar-refractivity contribution >= 4 is 36.7 Å². The Morgan fingerprint density at radius 1 is 1.06 bits per heavy atom. The number of hydrogen-bond acceptors (Lipinski definition) is 5. The van der Waals surface area contributed by atoms with E-state index in [1.165, 1.54) is 38.5 Å². The summed E-state index contributed by atoms with van der Waals surface area (Å²) in [5, 5.41) is 3.25. The molecule has 0 radical (unpaired) electrons. The van der Waals surface area contributed by atoms with Crippen LogP contribution in [-0.2, 0) is 4.79 Å². The maximum atomic E-state index is 12.7. The molecule has 2 heterocycles. The van der Waals surface area contributed by atoms with E-state index in [2.05, 4.69) is 32.0 Å². The summed E-state index contributed by atoms with van der Waals surface area (Å²) >= 11 is 0. The van der Waals surface area contributed by atoms with Crippen molar-refractivity contribution in [3.8, 4) is 0 Å². The number of aromatic nitrogens is 2. The normalized spacial score (nSPS) is 33.3. The molecule has 5 aliphatic rings. The summed E-state index contributed by atoms with van der Waals surface area (Å²) in [7, 11) is 0. The van der Waals surface area contributed by atoms with Crippen LogP contribution in [0.5, 0.6) is 0 Å². The van der Waals surface area contributed by atoms with Crippen molar-refractivity contribution in [2.24, 2.45) is 22.7 Å². The van der Waals surface area contributed by atoms with Crippen LogP contribution < -0.4 is 10.2 Å². The largest absolute Gasteiger partial charge is 0.356 e. The van der Waals surface area contributed by atoms with E-state index in [4.69, 9.17) is 0 Å². The minimum Gasteiger partial charge on any atom is -0.356 e. The molecule has 0 aromatic carbocycles. The zero-order valence-corrected chi connectivity index (χ0v) is 20.9. The van der Waals surface area contributed by atoms with Gasteiger partial charge in [-0.2, -0.15) is 0 Å². The number of nitrogens with one attached hydrogen (secondary N) is 1. The SMILES string of the molecule is CC12C[C@H]3C[C@@H](C1)CC(CC(=O)NCCCN1CCN(c4ncccn4)CC1)(C3)C2.Cl.Cl. The first-order valence-corrected chi connectivity index (χ1v) is 12.0. The Morgan fingerprint density at radius 2 is 1.72 bits per heavy atom. The third-order valence-electron chi connectivity index (χ3n) is 8.19. The molecular weight excluding hydrogens is 445 g/mol. The van der Waals surface area contributed by atoms with Crippen LogP contribution in [0.15, 0.2) is 18.5 Å². The standard InChI is InChI=1S/C24H37N5O.2ClH/c1-23-13-19-12-20(14-23)16-24(15-19,18-23)17-21(30)25-6-3-7-28-8-10-29(11-9-28)22-26-4-2-5-27-22;;/h2,4-5,19-20H,3,6-18H2,1H3,(H,25,30);2*1H/t19-,20+,23?,24?;;. The van der Waals surface area contributed by atoms with Gasteiger partial charge in [-0.15, -0.1) is 24.8 Å². The van der Waals surface area contributed by atoms with Crippen LogP contribution in [0.3, 0.4) is 0 Å². The van der Waals surface area contributed by atoms with Gasteiger partial charge in [-0.3, -0.25) is 9.69 Å². The summed E-state index contributed by atoms with van der Waals surface area (Å²) in [6, 6.07) is 1.86. The van der Waals surface area contributed by atoms with Crippen molar-refractivity contribution in [2.75, 3.05) is 44.2 Å². The Hall–Kier alpha value is -1.11. The zero-order valence-electron chi connectivity index (χ0n) is 19.3. The first-order chi connectivity index (χ1) is 14.5. The summed E-state index contributed by atoms with van der Waals surface area (Å²) in [5.74, 6) is 2.92. The van der Waals surface area contributed by atoms with Crippen LogP contribution in [0.4, 0.5) is 5.95 Å². The molecule has 2 unspecified atom stereocenters. The Bertz CT molecular complexity index is 742. The zero-order chi connectivity index (χ0) is 20.6. The van der Waals surface area contributed by atoms with Crippen LogP contribution in [-0.4, -0.2) is 60.0 Å². The minimum absolute atomic E-state index is 0. The smallest absolute Gasteiger partial charge is 0.225 e. The number of hydrogen-bond donors (Lipinski definition) is 1. The third-order valence-corrected chi connectivity index (χ3v) is 8.19. The van der Waals surface area contributed by atoms with Crippen LogP contribution in [0.2, 0.25) is 0 Å². The highest BCUT2D eigenvalue weighted by Crippen LogP contribution is 2.66. The maximum absolute atomic E-state index is 12.7. The van der Waals surface area contributed by atoms with Gasteiger partial charge in [0.05, 0.1) is 0 Å². The van der Waals surface area contributed by atoms with Gasteiger partial charge in [0.1, 0.15) is 0 Å². The predicted octanol–water partition coefficient (Wildman–Crippen LogP) is 3.95. The summed E-state index contributed by atoms with van der Waals surface area (Å²) in [5.41, 5.74) is 0.843. The molecular formula is C24H39Cl2N5O. The molecule has 5 fully saturated rings. The molecule has 6 nitrogen and oxygen atoms in total. The minimum atomic E-state index is 0. The van der Waals surface area contributed by atoms with Crippen LogP contribution in [0.1, 0.15) is 58.3 Å². The average molecular weight is 485 g/mol. The number of amides is 1.